The molecule has 1 heterocycles. The Balaban J connectivity index is 1.58. The number of nitrogens with zero attached hydrogens (tertiary/aromatic N) is 3. The Bertz CT molecular complexity index is 1340. The lowest BCUT2D eigenvalue weighted by Gasteiger charge is -2.38. The van der Waals surface area contributed by atoms with Crippen molar-refractivity contribution in [1.29, 1.82) is 0 Å². The lowest BCUT2D eigenvalue weighted by molar-refractivity contribution is -0.124. The second-order valence-electron chi connectivity index (χ2n) is 10.0. The summed E-state index contributed by atoms with van der Waals surface area (Å²) in [5, 5.41) is 3.95. The highest BCUT2D eigenvalue weighted by atomic mass is 35.5. The smallest absolute Gasteiger partial charge is 0.294 e. The minimum absolute atomic E-state index is 0.0920. The molecule has 1 aliphatic rings. The Morgan fingerprint density at radius 1 is 1.05 bits per heavy atom. The van der Waals surface area contributed by atoms with E-state index in [0.29, 0.717) is 17.4 Å². The van der Waals surface area contributed by atoms with Crippen molar-refractivity contribution in [2.75, 3.05) is 21.1 Å². The fourth-order valence-corrected chi connectivity index (χ4v) is 5.37. The molecule has 0 bridgehead atoms. The summed E-state index contributed by atoms with van der Waals surface area (Å²) >= 11 is 6.53. The third-order valence-electron chi connectivity index (χ3n) is 7.13. The highest BCUT2D eigenvalue weighted by molar-refractivity contribution is 6.45. The lowest BCUT2D eigenvalue weighted by atomic mass is 9.88. The average Bonchev–Trinajstić information content (AvgIpc) is 3.19. The van der Waals surface area contributed by atoms with Crippen molar-refractivity contribution in [1.82, 2.24) is 19.7 Å². The zero-order valence-electron chi connectivity index (χ0n) is 21.6. The number of benzene rings is 2. The van der Waals surface area contributed by atoms with Gasteiger partial charge in [-0.25, -0.2) is 4.39 Å². The summed E-state index contributed by atoms with van der Waals surface area (Å²) in [6, 6.07) is 9.73. The van der Waals surface area contributed by atoms with Crippen LogP contribution in [-0.2, 0) is 18.4 Å². The molecular weight excluding hydrogens is 495 g/mol. The van der Waals surface area contributed by atoms with Crippen LogP contribution in [0.5, 0.6) is 0 Å². The van der Waals surface area contributed by atoms with Gasteiger partial charge in [0, 0.05) is 51.4 Å². The number of rotatable bonds is 7. The van der Waals surface area contributed by atoms with Crippen molar-refractivity contribution >= 4 is 40.1 Å². The van der Waals surface area contributed by atoms with E-state index in [1.54, 1.807) is 42.1 Å². The van der Waals surface area contributed by atoms with Gasteiger partial charge in [0.05, 0.1) is 21.7 Å². The minimum Gasteiger partial charge on any atom is -0.350 e. The summed E-state index contributed by atoms with van der Waals surface area (Å²) in [4.78, 5) is 42.0. The molecule has 7 nitrogen and oxygen atoms in total. The van der Waals surface area contributed by atoms with Crippen LogP contribution in [0.4, 0.5) is 4.39 Å². The molecule has 1 saturated carbocycles. The van der Waals surface area contributed by atoms with Gasteiger partial charge in [-0.2, -0.15) is 0 Å². The highest BCUT2D eigenvalue weighted by Gasteiger charge is 2.31. The highest BCUT2D eigenvalue weighted by Crippen LogP contribution is 2.30. The molecule has 4 rings (SSSR count). The summed E-state index contributed by atoms with van der Waals surface area (Å²) < 4.78 is 15.0. The van der Waals surface area contributed by atoms with Gasteiger partial charge in [0.15, 0.2) is 0 Å². The molecule has 1 aliphatic carbocycles. The Morgan fingerprint density at radius 2 is 1.73 bits per heavy atom. The SMILES string of the molecule is CN(C)C(=O)C(=O)c1cn(C)c2cc(Cl)c(C(=O)NC3CCCCC3N(C)Cc3ccc(F)cc3)cc12. The fourth-order valence-electron chi connectivity index (χ4n) is 5.12. The molecule has 196 valence electrons. The molecule has 3 aromatic rings. The molecule has 1 N–H and O–H groups in total. The molecule has 0 saturated heterocycles. The molecule has 9 heteroatoms. The monoisotopic (exact) mass is 526 g/mol. The Morgan fingerprint density at radius 3 is 2.41 bits per heavy atom. The standard InChI is InChI=1S/C28H32ClFN4O3/c1-32(2)28(37)26(35)21-16-34(4)25-14-22(29)20(13-19(21)25)27(36)31-23-7-5-6-8-24(23)33(3)15-17-9-11-18(30)12-10-17/h9-14,16,23-24H,5-8,15H2,1-4H3,(H,31,36). The number of aryl methyl sites for hydroxylation is 1. The number of amides is 2. The summed E-state index contributed by atoms with van der Waals surface area (Å²) in [6.07, 6.45) is 5.42. The Hall–Kier alpha value is -3.23. The number of carbonyl (C=O) groups is 3. The maximum atomic E-state index is 13.4. The van der Waals surface area contributed by atoms with Crippen LogP contribution in [0.25, 0.3) is 10.9 Å². The third kappa shape index (κ3) is 5.70. The van der Waals surface area contributed by atoms with E-state index >= 15 is 0 Å². The van der Waals surface area contributed by atoms with Crippen LogP contribution in [0.3, 0.4) is 0 Å². The van der Waals surface area contributed by atoms with Crippen LogP contribution >= 0.6 is 11.6 Å². The van der Waals surface area contributed by atoms with E-state index in [0.717, 1.165) is 31.2 Å². The average molecular weight is 527 g/mol. The van der Waals surface area contributed by atoms with Crippen molar-refractivity contribution in [3.05, 3.63) is 70.1 Å². The second-order valence-corrected chi connectivity index (χ2v) is 10.4. The number of aromatic nitrogens is 1. The number of fused-ring (bicyclic) bond motifs is 1. The van der Waals surface area contributed by atoms with Gasteiger partial charge in [0.2, 0.25) is 0 Å². The number of halogens is 2. The van der Waals surface area contributed by atoms with E-state index in [-0.39, 0.29) is 40.0 Å². The van der Waals surface area contributed by atoms with Crippen LogP contribution in [0.15, 0.2) is 42.6 Å². The summed E-state index contributed by atoms with van der Waals surface area (Å²) in [5.41, 5.74) is 2.15. The normalized spacial score (nSPS) is 17.7. The molecule has 0 aliphatic heterocycles. The molecule has 2 atom stereocenters. The van der Waals surface area contributed by atoms with Gasteiger partial charge in [-0.05, 0) is 49.7 Å². The second kappa shape index (κ2) is 11.0. The van der Waals surface area contributed by atoms with Crippen molar-refractivity contribution < 1.29 is 18.8 Å². The zero-order chi connectivity index (χ0) is 26.9. The van der Waals surface area contributed by atoms with Crippen molar-refractivity contribution in [3.63, 3.8) is 0 Å². The first-order valence-corrected chi connectivity index (χ1v) is 12.7. The number of hydrogen-bond donors (Lipinski definition) is 1. The molecule has 37 heavy (non-hydrogen) atoms. The summed E-state index contributed by atoms with van der Waals surface area (Å²) in [5.74, 6) is -1.86. The van der Waals surface area contributed by atoms with Crippen LogP contribution in [0.1, 0.15) is 52.0 Å². The van der Waals surface area contributed by atoms with Crippen molar-refractivity contribution in [3.8, 4) is 0 Å². The first-order chi connectivity index (χ1) is 17.6. The van der Waals surface area contributed by atoms with E-state index in [9.17, 15) is 18.8 Å². The van der Waals surface area contributed by atoms with Gasteiger partial charge >= 0.3 is 0 Å². The number of nitrogens with one attached hydrogen (secondary N) is 1. The number of ketones is 1. The van der Waals surface area contributed by atoms with Crippen LogP contribution < -0.4 is 5.32 Å². The topological polar surface area (TPSA) is 74.6 Å². The first kappa shape index (κ1) is 26.8. The van der Waals surface area contributed by atoms with E-state index < -0.39 is 11.7 Å². The van der Waals surface area contributed by atoms with Gasteiger partial charge in [-0.1, -0.05) is 36.6 Å². The van der Waals surface area contributed by atoms with E-state index in [1.807, 2.05) is 7.05 Å². The van der Waals surface area contributed by atoms with Gasteiger partial charge in [-0.15, -0.1) is 0 Å². The fraction of sp³-hybridized carbons (Fsp3) is 0.393. The number of Topliss-reactive ketones (excluding diaryl/α,β-unsaturated/α-hetero) is 1. The van der Waals surface area contributed by atoms with Gasteiger partial charge in [-0.3, -0.25) is 19.3 Å². The number of likely N-dealkylation sites (N-methyl/N-ethyl adjacent to an activating group) is 2. The third-order valence-corrected chi connectivity index (χ3v) is 7.44. The van der Waals surface area contributed by atoms with Crippen molar-refractivity contribution in [2.24, 2.45) is 7.05 Å². The van der Waals surface area contributed by atoms with Crippen LogP contribution in [0, 0.1) is 5.82 Å². The van der Waals surface area contributed by atoms with E-state index in [2.05, 4.69) is 10.2 Å². The molecule has 2 amide bonds. The zero-order valence-corrected chi connectivity index (χ0v) is 22.3. The Kier molecular flexibility index (Phi) is 7.99. The molecule has 0 radical (unpaired) electrons. The molecular formula is C28H32ClFN4O3. The molecule has 1 fully saturated rings. The number of carbonyl (C=O) groups excluding carboxylic acids is 3. The lowest BCUT2D eigenvalue weighted by Crippen LogP contribution is -2.52. The van der Waals surface area contributed by atoms with Gasteiger partial charge < -0.3 is 14.8 Å². The predicted octanol–water partition coefficient (Wildman–Crippen LogP) is 4.41. The van der Waals surface area contributed by atoms with Crippen LogP contribution in [0.2, 0.25) is 5.02 Å². The van der Waals surface area contributed by atoms with E-state index in [1.165, 1.54) is 31.1 Å². The summed E-state index contributed by atoms with van der Waals surface area (Å²) in [6.45, 7) is 0.638. The van der Waals surface area contributed by atoms with Gasteiger partial charge in [0.25, 0.3) is 17.6 Å². The van der Waals surface area contributed by atoms with Gasteiger partial charge in [0.1, 0.15) is 5.82 Å². The molecule has 2 unspecified atom stereocenters. The predicted molar refractivity (Wildman–Crippen MR) is 142 cm³/mol. The molecule has 1 aromatic heterocycles. The quantitative estimate of drug-likeness (QED) is 0.365. The largest absolute Gasteiger partial charge is 0.350 e. The van der Waals surface area contributed by atoms with Crippen molar-refractivity contribution in [2.45, 2.75) is 44.3 Å². The van der Waals surface area contributed by atoms with E-state index in [4.69, 9.17) is 11.6 Å². The maximum absolute atomic E-state index is 13.4. The molecule has 2 aromatic carbocycles. The summed E-state index contributed by atoms with van der Waals surface area (Å²) in [7, 11) is 6.82. The maximum Gasteiger partial charge on any atom is 0.294 e. The minimum atomic E-state index is -0.640. The molecule has 0 spiro atoms. The van der Waals surface area contributed by atoms with Crippen LogP contribution in [-0.4, -0.2) is 65.2 Å². The number of hydrogen-bond acceptors (Lipinski definition) is 4. The first-order valence-electron chi connectivity index (χ1n) is 12.4. The Labute approximate surface area is 221 Å².